The summed E-state index contributed by atoms with van der Waals surface area (Å²) in [4.78, 5) is 13.9. The van der Waals surface area contributed by atoms with E-state index in [1.165, 1.54) is 17.7 Å². The highest BCUT2D eigenvalue weighted by atomic mass is 16.6. The van der Waals surface area contributed by atoms with Crippen LogP contribution in [0.2, 0.25) is 0 Å². The minimum Gasteiger partial charge on any atom is -0.444 e. The minimum absolute atomic E-state index is 0.0345. The van der Waals surface area contributed by atoms with Crippen molar-refractivity contribution >= 4 is 6.09 Å². The van der Waals surface area contributed by atoms with E-state index in [-0.39, 0.29) is 23.8 Å². The summed E-state index contributed by atoms with van der Waals surface area (Å²) in [5.41, 5.74) is 2.21. The first-order valence-electron chi connectivity index (χ1n) is 16.1. The molecule has 9 heteroatoms. The van der Waals surface area contributed by atoms with Crippen LogP contribution in [0.15, 0.2) is 6.20 Å². The third-order valence-corrected chi connectivity index (χ3v) is 8.96. The van der Waals surface area contributed by atoms with Crippen molar-refractivity contribution in [2.24, 2.45) is 11.3 Å². The lowest BCUT2D eigenvalue weighted by Crippen LogP contribution is -2.39. The highest BCUT2D eigenvalue weighted by Crippen LogP contribution is 2.45. The Morgan fingerprint density at radius 1 is 1.15 bits per heavy atom. The Morgan fingerprint density at radius 2 is 1.93 bits per heavy atom. The normalized spacial score (nSPS) is 25.7. The number of hydrogen-bond acceptors (Lipinski definition) is 7. The third-order valence-electron chi connectivity index (χ3n) is 8.96. The zero-order chi connectivity index (χ0) is 29.5. The fraction of sp³-hybridized carbons (Fsp3) is 0.875. The van der Waals surface area contributed by atoms with Gasteiger partial charge < -0.3 is 29.2 Å². The summed E-state index contributed by atoms with van der Waals surface area (Å²) >= 11 is 0. The number of carbonyl (C=O) groups is 1. The molecule has 1 N–H and O–H groups in total. The first kappa shape index (κ1) is 32.2. The average molecular weight is 577 g/mol. The number of hydrogen-bond donors (Lipinski definition) is 1. The van der Waals surface area contributed by atoms with Crippen molar-refractivity contribution in [1.82, 2.24) is 20.0 Å². The van der Waals surface area contributed by atoms with E-state index in [4.69, 9.17) is 24.0 Å². The lowest BCUT2D eigenvalue weighted by atomic mass is 9.69. The first-order chi connectivity index (χ1) is 19.5. The molecule has 4 rings (SSSR count). The Labute approximate surface area is 248 Å². The molecule has 0 bridgehead atoms. The topological polar surface area (TPSA) is 87.1 Å². The molecule has 3 atom stereocenters. The van der Waals surface area contributed by atoms with E-state index in [2.05, 4.69) is 30.0 Å². The van der Waals surface area contributed by atoms with E-state index in [9.17, 15) is 4.79 Å². The molecule has 2 aliphatic heterocycles. The maximum Gasteiger partial charge on any atom is 0.410 e. The molecule has 1 aromatic heterocycles. The van der Waals surface area contributed by atoms with E-state index in [1.54, 1.807) is 11.9 Å². The fourth-order valence-corrected chi connectivity index (χ4v) is 6.20. The van der Waals surface area contributed by atoms with Crippen molar-refractivity contribution in [3.8, 4) is 0 Å². The van der Waals surface area contributed by atoms with Gasteiger partial charge in [0.15, 0.2) is 0 Å². The third kappa shape index (κ3) is 9.66. The molecule has 2 saturated heterocycles. The number of nitrogens with zero attached hydrogens (tertiary/aromatic N) is 3. The predicted octanol–water partition coefficient (Wildman–Crippen LogP) is 5.69. The van der Waals surface area contributed by atoms with Gasteiger partial charge in [-0.05, 0) is 102 Å². The van der Waals surface area contributed by atoms with Gasteiger partial charge in [0.25, 0.3) is 0 Å². The molecule has 0 radical (unpaired) electrons. The zero-order valence-corrected chi connectivity index (χ0v) is 26.6. The SMILES string of the molecule is CN(CCNCCc1cn(C2CCCCO2)nc1[C@@H]1CCC(C)(C)[C@H](OCC2CCOCC2)C1)C(=O)OC(C)(C)C. The fourth-order valence-electron chi connectivity index (χ4n) is 6.20. The van der Waals surface area contributed by atoms with Crippen LogP contribution in [0.3, 0.4) is 0 Å². The van der Waals surface area contributed by atoms with Crippen LogP contribution in [-0.2, 0) is 25.4 Å². The molecule has 1 saturated carbocycles. The second-order valence-electron chi connectivity index (χ2n) is 14.1. The van der Waals surface area contributed by atoms with Gasteiger partial charge in [-0.1, -0.05) is 13.8 Å². The zero-order valence-electron chi connectivity index (χ0n) is 26.6. The molecular weight excluding hydrogens is 520 g/mol. The molecule has 0 spiro atoms. The number of rotatable bonds is 11. The van der Waals surface area contributed by atoms with Gasteiger partial charge in [-0.15, -0.1) is 0 Å². The number of ether oxygens (including phenoxy) is 4. The minimum atomic E-state index is -0.486. The molecular formula is C32H56N4O5. The average Bonchev–Trinajstić information content (AvgIpc) is 3.36. The van der Waals surface area contributed by atoms with E-state index in [0.717, 1.165) is 84.3 Å². The largest absolute Gasteiger partial charge is 0.444 e. The van der Waals surface area contributed by atoms with Gasteiger partial charge in [0, 0.05) is 58.7 Å². The highest BCUT2D eigenvalue weighted by molar-refractivity contribution is 5.67. The van der Waals surface area contributed by atoms with Gasteiger partial charge in [-0.3, -0.25) is 0 Å². The van der Waals surface area contributed by atoms with Crippen LogP contribution in [0.1, 0.15) is 109 Å². The van der Waals surface area contributed by atoms with Gasteiger partial charge in [-0.25, -0.2) is 9.48 Å². The molecule has 3 aliphatic rings. The van der Waals surface area contributed by atoms with Crippen LogP contribution in [0.25, 0.3) is 0 Å². The summed E-state index contributed by atoms with van der Waals surface area (Å²) in [5.74, 6) is 0.999. The molecule has 41 heavy (non-hydrogen) atoms. The van der Waals surface area contributed by atoms with Crippen LogP contribution in [0.4, 0.5) is 4.79 Å². The summed E-state index contributed by atoms with van der Waals surface area (Å²) < 4.78 is 25.9. The Balaban J connectivity index is 1.37. The lowest BCUT2D eigenvalue weighted by molar-refractivity contribution is -0.0799. The summed E-state index contributed by atoms with van der Waals surface area (Å²) in [5, 5.41) is 8.72. The quantitative estimate of drug-likeness (QED) is 0.339. The van der Waals surface area contributed by atoms with Crippen molar-refractivity contribution in [2.45, 2.75) is 116 Å². The van der Waals surface area contributed by atoms with E-state index in [1.807, 2.05) is 20.8 Å². The highest BCUT2D eigenvalue weighted by Gasteiger charge is 2.40. The number of nitrogens with one attached hydrogen (secondary N) is 1. The van der Waals surface area contributed by atoms with E-state index in [0.29, 0.717) is 24.9 Å². The van der Waals surface area contributed by atoms with Crippen LogP contribution in [-0.4, -0.2) is 85.6 Å². The monoisotopic (exact) mass is 576 g/mol. The van der Waals surface area contributed by atoms with Crippen molar-refractivity contribution in [3.63, 3.8) is 0 Å². The maximum absolute atomic E-state index is 12.3. The second kappa shape index (κ2) is 14.7. The second-order valence-corrected chi connectivity index (χ2v) is 14.1. The summed E-state index contributed by atoms with van der Waals surface area (Å²) in [6.45, 7) is 15.9. The summed E-state index contributed by atoms with van der Waals surface area (Å²) in [6.07, 6.45) is 11.9. The number of amides is 1. The molecule has 3 fully saturated rings. The maximum atomic E-state index is 12.3. The van der Waals surface area contributed by atoms with Gasteiger partial charge in [0.05, 0.1) is 11.8 Å². The molecule has 234 valence electrons. The molecule has 1 amide bonds. The van der Waals surface area contributed by atoms with E-state index >= 15 is 0 Å². The summed E-state index contributed by atoms with van der Waals surface area (Å²) in [7, 11) is 1.78. The van der Waals surface area contributed by atoms with Crippen molar-refractivity contribution < 1.29 is 23.7 Å². The molecule has 0 aromatic carbocycles. The van der Waals surface area contributed by atoms with Gasteiger partial charge in [-0.2, -0.15) is 5.10 Å². The Kier molecular flexibility index (Phi) is 11.5. The van der Waals surface area contributed by atoms with Crippen molar-refractivity contribution in [1.29, 1.82) is 0 Å². The molecule has 1 aliphatic carbocycles. The van der Waals surface area contributed by atoms with Crippen LogP contribution in [0.5, 0.6) is 0 Å². The predicted molar refractivity (Wildman–Crippen MR) is 160 cm³/mol. The Hall–Kier alpha value is -1.68. The van der Waals surface area contributed by atoms with Crippen LogP contribution < -0.4 is 5.32 Å². The van der Waals surface area contributed by atoms with Crippen LogP contribution >= 0.6 is 0 Å². The number of carbonyl (C=O) groups excluding carboxylic acids is 1. The van der Waals surface area contributed by atoms with Crippen molar-refractivity contribution in [3.05, 3.63) is 17.5 Å². The van der Waals surface area contributed by atoms with E-state index < -0.39 is 5.60 Å². The number of aromatic nitrogens is 2. The first-order valence-corrected chi connectivity index (χ1v) is 16.1. The van der Waals surface area contributed by atoms with Crippen molar-refractivity contribution in [2.75, 3.05) is 53.1 Å². The summed E-state index contributed by atoms with van der Waals surface area (Å²) in [6, 6.07) is 0. The molecule has 1 aromatic rings. The van der Waals surface area contributed by atoms with Gasteiger partial charge >= 0.3 is 6.09 Å². The Bertz CT molecular complexity index is 946. The Morgan fingerprint density at radius 3 is 2.63 bits per heavy atom. The van der Waals surface area contributed by atoms with Gasteiger partial charge in [0.1, 0.15) is 11.8 Å². The van der Waals surface area contributed by atoms with Gasteiger partial charge in [0.2, 0.25) is 0 Å². The van der Waals surface area contributed by atoms with Crippen LogP contribution in [0, 0.1) is 11.3 Å². The lowest BCUT2D eigenvalue weighted by Gasteiger charge is -2.42. The molecule has 3 heterocycles. The molecule has 1 unspecified atom stereocenters. The number of likely N-dealkylation sites (N-methyl/N-ethyl adjacent to an activating group) is 1. The smallest absolute Gasteiger partial charge is 0.410 e. The standard InChI is InChI=1S/C32H56N4O5/c1-31(2,3)41-30(37)35(6)17-16-33-15-11-26-22-36(28-9-7-8-18-39-28)34-29(26)25-10-14-32(4,5)27(21-25)40-23-24-12-19-38-20-13-24/h22,24-25,27-28,33H,7-21,23H2,1-6H3/t25-,27-,28?/m1/s1. The molecule has 9 nitrogen and oxygen atoms in total.